The molecule has 0 fully saturated rings. The van der Waals surface area contributed by atoms with Gasteiger partial charge in [0.1, 0.15) is 11.5 Å². The van der Waals surface area contributed by atoms with Crippen molar-refractivity contribution in [2.24, 2.45) is 0 Å². The highest BCUT2D eigenvalue weighted by Gasteiger charge is 2.18. The van der Waals surface area contributed by atoms with Gasteiger partial charge in [-0.15, -0.1) is 0 Å². The van der Waals surface area contributed by atoms with E-state index in [1.165, 1.54) is 5.56 Å². The zero-order valence-corrected chi connectivity index (χ0v) is 16.0. The number of hydrogen-bond acceptors (Lipinski definition) is 4. The second-order valence-electron chi connectivity index (χ2n) is 6.44. The highest BCUT2D eigenvalue weighted by atomic mass is 16.5. The molecular weight excluding hydrogens is 352 g/mol. The summed E-state index contributed by atoms with van der Waals surface area (Å²) in [5, 5.41) is 0. The fraction of sp³-hybridized carbons (Fsp3) is 0.167. The molecule has 0 amide bonds. The van der Waals surface area contributed by atoms with Gasteiger partial charge in [-0.1, -0.05) is 30.3 Å². The van der Waals surface area contributed by atoms with Crippen LogP contribution in [0.3, 0.4) is 0 Å². The molecule has 0 saturated heterocycles. The second-order valence-corrected chi connectivity index (χ2v) is 6.44. The Labute approximate surface area is 164 Å². The van der Waals surface area contributed by atoms with Crippen molar-refractivity contribution in [3.05, 3.63) is 95.1 Å². The molecule has 0 aliphatic heterocycles. The van der Waals surface area contributed by atoms with E-state index in [1.807, 2.05) is 36.4 Å². The molecule has 0 aliphatic rings. The molecule has 0 aliphatic carbocycles. The summed E-state index contributed by atoms with van der Waals surface area (Å²) < 4.78 is 10.3. The van der Waals surface area contributed by atoms with Crippen LogP contribution in [0.5, 0.6) is 11.5 Å². The number of carbonyl (C=O) groups is 2. The number of ketones is 2. The lowest BCUT2D eigenvalue weighted by atomic mass is 9.97. The molecule has 4 nitrogen and oxygen atoms in total. The van der Waals surface area contributed by atoms with E-state index in [2.05, 4.69) is 0 Å². The van der Waals surface area contributed by atoms with Gasteiger partial charge >= 0.3 is 0 Å². The number of hydrogen-bond donors (Lipinski definition) is 0. The Morgan fingerprint density at radius 1 is 0.643 bits per heavy atom. The van der Waals surface area contributed by atoms with Gasteiger partial charge in [0.05, 0.1) is 14.2 Å². The Hall–Kier alpha value is -3.40. The molecule has 0 spiro atoms. The Morgan fingerprint density at radius 3 is 1.79 bits per heavy atom. The topological polar surface area (TPSA) is 52.6 Å². The van der Waals surface area contributed by atoms with E-state index in [-0.39, 0.29) is 0 Å². The monoisotopic (exact) mass is 374 g/mol. The zero-order valence-electron chi connectivity index (χ0n) is 16.0. The van der Waals surface area contributed by atoms with Crippen LogP contribution in [-0.2, 0) is 12.8 Å². The summed E-state index contributed by atoms with van der Waals surface area (Å²) in [6.07, 6.45) is 1.62. The van der Waals surface area contributed by atoms with Crippen molar-refractivity contribution in [2.75, 3.05) is 14.2 Å². The van der Waals surface area contributed by atoms with Gasteiger partial charge in [0, 0.05) is 11.1 Å². The summed E-state index contributed by atoms with van der Waals surface area (Å²) in [7, 11) is 3.20. The van der Waals surface area contributed by atoms with Crippen LogP contribution in [0.2, 0.25) is 0 Å². The first kappa shape index (κ1) is 19.4. The molecule has 0 aromatic heterocycles. The Balaban J connectivity index is 1.68. The Bertz CT molecular complexity index is 957. The fourth-order valence-corrected chi connectivity index (χ4v) is 2.95. The molecule has 3 aromatic rings. The summed E-state index contributed by atoms with van der Waals surface area (Å²) in [4.78, 5) is 25.1. The predicted molar refractivity (Wildman–Crippen MR) is 108 cm³/mol. The molecule has 3 aromatic carbocycles. The number of benzene rings is 3. The van der Waals surface area contributed by atoms with E-state index in [4.69, 9.17) is 9.47 Å². The SMILES string of the molecule is COc1ccc(CCc2cccc(C(=O)C(=O)c3ccc(OC)cc3)c2)cc1. The van der Waals surface area contributed by atoms with E-state index in [0.29, 0.717) is 16.9 Å². The summed E-state index contributed by atoms with van der Waals surface area (Å²) in [5.41, 5.74) is 2.97. The number of rotatable bonds is 8. The first-order valence-electron chi connectivity index (χ1n) is 9.05. The first-order valence-corrected chi connectivity index (χ1v) is 9.05. The highest BCUT2D eigenvalue weighted by Crippen LogP contribution is 2.17. The van der Waals surface area contributed by atoms with Gasteiger partial charge in [-0.2, -0.15) is 0 Å². The van der Waals surface area contributed by atoms with Crippen LogP contribution in [0.1, 0.15) is 31.8 Å². The normalized spacial score (nSPS) is 10.4. The third-order valence-electron chi connectivity index (χ3n) is 4.61. The predicted octanol–water partition coefficient (Wildman–Crippen LogP) is 4.55. The fourth-order valence-electron chi connectivity index (χ4n) is 2.95. The number of methoxy groups -OCH3 is 2. The van der Waals surface area contributed by atoms with Crippen LogP contribution in [0.4, 0.5) is 0 Å². The van der Waals surface area contributed by atoms with Gasteiger partial charge in [0.2, 0.25) is 11.6 Å². The van der Waals surface area contributed by atoms with E-state index >= 15 is 0 Å². The standard InChI is InChI=1S/C24H22O4/c1-27-21-12-8-17(9-13-21)6-7-18-4-3-5-20(16-18)24(26)23(25)19-10-14-22(28-2)15-11-19/h3-5,8-16H,6-7H2,1-2H3. The lowest BCUT2D eigenvalue weighted by Gasteiger charge is -2.06. The molecule has 0 N–H and O–H groups in total. The van der Waals surface area contributed by atoms with Gasteiger partial charge in [0.15, 0.2) is 0 Å². The molecule has 142 valence electrons. The lowest BCUT2D eigenvalue weighted by Crippen LogP contribution is -2.14. The number of carbonyl (C=O) groups excluding carboxylic acids is 2. The summed E-state index contributed by atoms with van der Waals surface area (Å²) in [6, 6.07) is 21.7. The van der Waals surface area contributed by atoms with E-state index in [0.717, 1.165) is 24.2 Å². The van der Waals surface area contributed by atoms with Crippen molar-refractivity contribution in [1.29, 1.82) is 0 Å². The zero-order chi connectivity index (χ0) is 19.9. The Morgan fingerprint density at radius 2 is 1.18 bits per heavy atom. The van der Waals surface area contributed by atoms with Crippen molar-refractivity contribution in [2.45, 2.75) is 12.8 Å². The molecule has 28 heavy (non-hydrogen) atoms. The molecule has 0 radical (unpaired) electrons. The molecule has 0 saturated carbocycles. The maximum atomic E-state index is 12.6. The van der Waals surface area contributed by atoms with Crippen LogP contribution in [0.15, 0.2) is 72.8 Å². The lowest BCUT2D eigenvalue weighted by molar-refractivity contribution is 0.0817. The quantitative estimate of drug-likeness (QED) is 0.429. The van der Waals surface area contributed by atoms with E-state index < -0.39 is 11.6 Å². The van der Waals surface area contributed by atoms with Crippen LogP contribution >= 0.6 is 0 Å². The summed E-state index contributed by atoms with van der Waals surface area (Å²) in [6.45, 7) is 0. The molecule has 0 atom stereocenters. The molecule has 3 rings (SSSR count). The van der Waals surface area contributed by atoms with Crippen molar-refractivity contribution in [3.63, 3.8) is 0 Å². The van der Waals surface area contributed by atoms with Gasteiger partial charge in [-0.25, -0.2) is 0 Å². The smallest absolute Gasteiger partial charge is 0.233 e. The van der Waals surface area contributed by atoms with E-state index in [1.54, 1.807) is 50.6 Å². The van der Waals surface area contributed by atoms with Gasteiger partial charge in [-0.05, 0) is 66.4 Å². The van der Waals surface area contributed by atoms with Gasteiger partial charge in [0.25, 0.3) is 0 Å². The van der Waals surface area contributed by atoms with Crippen LogP contribution in [0.25, 0.3) is 0 Å². The van der Waals surface area contributed by atoms with Crippen molar-refractivity contribution < 1.29 is 19.1 Å². The summed E-state index contributed by atoms with van der Waals surface area (Å²) in [5.74, 6) is 0.448. The van der Waals surface area contributed by atoms with Gasteiger partial charge < -0.3 is 9.47 Å². The minimum Gasteiger partial charge on any atom is -0.497 e. The molecule has 0 bridgehead atoms. The third kappa shape index (κ3) is 4.65. The van der Waals surface area contributed by atoms with Crippen LogP contribution < -0.4 is 9.47 Å². The first-order chi connectivity index (χ1) is 13.6. The van der Waals surface area contributed by atoms with Crippen molar-refractivity contribution in [3.8, 4) is 11.5 Å². The number of aryl methyl sites for hydroxylation is 2. The number of Topliss-reactive ketones (excluding diaryl/α,β-unsaturated/α-hetero) is 2. The van der Waals surface area contributed by atoms with Crippen molar-refractivity contribution >= 4 is 11.6 Å². The average Bonchev–Trinajstić information content (AvgIpc) is 2.77. The van der Waals surface area contributed by atoms with E-state index in [9.17, 15) is 9.59 Å². The maximum Gasteiger partial charge on any atom is 0.233 e. The highest BCUT2D eigenvalue weighted by molar-refractivity contribution is 6.49. The van der Waals surface area contributed by atoms with Crippen molar-refractivity contribution in [1.82, 2.24) is 0 Å². The number of ether oxygens (including phenoxy) is 2. The van der Waals surface area contributed by atoms with Crippen LogP contribution in [0, 0.1) is 0 Å². The molecule has 0 heterocycles. The third-order valence-corrected chi connectivity index (χ3v) is 4.61. The summed E-state index contributed by atoms with van der Waals surface area (Å²) >= 11 is 0. The second kappa shape index (κ2) is 9.00. The van der Waals surface area contributed by atoms with Crippen LogP contribution in [-0.4, -0.2) is 25.8 Å². The van der Waals surface area contributed by atoms with Gasteiger partial charge in [-0.3, -0.25) is 9.59 Å². The molecule has 0 unspecified atom stereocenters. The largest absolute Gasteiger partial charge is 0.497 e. The molecular formula is C24H22O4. The average molecular weight is 374 g/mol. The molecule has 4 heteroatoms. The maximum absolute atomic E-state index is 12.6. The minimum atomic E-state index is -0.519. The minimum absolute atomic E-state index is 0.356. The Kier molecular flexibility index (Phi) is 6.22.